The topological polar surface area (TPSA) is 148 Å². The number of aromatic nitrogens is 4. The zero-order valence-corrected chi connectivity index (χ0v) is 26.2. The van der Waals surface area contributed by atoms with Crippen LogP contribution in [0.2, 0.25) is 10.0 Å². The van der Waals surface area contributed by atoms with Crippen molar-refractivity contribution in [1.82, 2.24) is 36.2 Å². The fourth-order valence-electron chi connectivity index (χ4n) is 4.28. The summed E-state index contributed by atoms with van der Waals surface area (Å²) in [6, 6.07) is 12.1. The highest BCUT2D eigenvalue weighted by atomic mass is 35.5. The van der Waals surface area contributed by atoms with Crippen molar-refractivity contribution in [3.05, 3.63) is 75.5 Å². The van der Waals surface area contributed by atoms with Gasteiger partial charge in [0.2, 0.25) is 17.7 Å². The van der Waals surface area contributed by atoms with E-state index in [1.807, 2.05) is 44.2 Å². The van der Waals surface area contributed by atoms with Crippen LogP contribution in [-0.2, 0) is 38.6 Å². The summed E-state index contributed by atoms with van der Waals surface area (Å²) >= 11 is 12.4. The van der Waals surface area contributed by atoms with Gasteiger partial charge in [-0.25, -0.2) is 0 Å². The van der Waals surface area contributed by atoms with Crippen LogP contribution in [0.15, 0.2) is 48.5 Å². The molecule has 3 unspecified atom stereocenters. The second kappa shape index (κ2) is 16.1. The number of amides is 3. The van der Waals surface area contributed by atoms with Crippen LogP contribution in [0.1, 0.15) is 57.5 Å². The van der Waals surface area contributed by atoms with Gasteiger partial charge in [-0.1, -0.05) is 80.4 Å². The minimum absolute atomic E-state index is 0.213. The quantitative estimate of drug-likeness (QED) is 0.233. The van der Waals surface area contributed by atoms with Crippen LogP contribution in [-0.4, -0.2) is 61.8 Å². The predicted molar refractivity (Wildman–Crippen MR) is 163 cm³/mol. The molecule has 13 heteroatoms. The number of nitrogens with one attached hydrogen (secondary N) is 3. The van der Waals surface area contributed by atoms with Gasteiger partial charge in [0.25, 0.3) is 0 Å². The summed E-state index contributed by atoms with van der Waals surface area (Å²) in [4.78, 5) is 52.6. The van der Waals surface area contributed by atoms with Gasteiger partial charge in [-0.2, -0.15) is 4.80 Å². The monoisotopic (exact) mass is 629 g/mol. The zero-order valence-electron chi connectivity index (χ0n) is 24.6. The number of tetrazole rings is 1. The van der Waals surface area contributed by atoms with E-state index in [0.29, 0.717) is 34.3 Å². The van der Waals surface area contributed by atoms with Crippen LogP contribution in [0.4, 0.5) is 0 Å². The molecule has 0 radical (unpaired) electrons. The molecule has 3 N–H and O–H groups in total. The average Bonchev–Trinajstić information content (AvgIpc) is 3.42. The van der Waals surface area contributed by atoms with Crippen molar-refractivity contribution in [1.29, 1.82) is 0 Å². The number of carbonyl (C=O) groups is 4. The third-order valence-corrected chi connectivity index (χ3v) is 7.51. The third-order valence-electron chi connectivity index (χ3n) is 6.80. The lowest BCUT2D eigenvalue weighted by molar-refractivity contribution is -0.133. The van der Waals surface area contributed by atoms with E-state index in [1.54, 1.807) is 25.1 Å². The Morgan fingerprint density at radius 1 is 0.884 bits per heavy atom. The summed E-state index contributed by atoms with van der Waals surface area (Å²) in [7, 11) is 0. The number of carbonyl (C=O) groups excluding carboxylic acids is 4. The van der Waals surface area contributed by atoms with E-state index < -0.39 is 29.9 Å². The summed E-state index contributed by atoms with van der Waals surface area (Å²) < 4.78 is 0. The molecule has 1 heterocycles. The number of aryl methyl sites for hydroxylation is 1. The minimum Gasteiger partial charge on any atom is -0.344 e. The van der Waals surface area contributed by atoms with Gasteiger partial charge < -0.3 is 16.0 Å². The van der Waals surface area contributed by atoms with Crippen molar-refractivity contribution < 1.29 is 19.2 Å². The van der Waals surface area contributed by atoms with Gasteiger partial charge in [0, 0.05) is 22.9 Å². The number of halogens is 2. The number of hydrogen-bond acceptors (Lipinski definition) is 7. The summed E-state index contributed by atoms with van der Waals surface area (Å²) in [6.07, 6.45) is 1.33. The Balaban J connectivity index is 1.51. The first-order chi connectivity index (χ1) is 20.5. The molecule has 3 atom stereocenters. The molecule has 0 saturated heterocycles. The third kappa shape index (κ3) is 10.1. The first kappa shape index (κ1) is 33.7. The Bertz CT molecular complexity index is 1390. The largest absolute Gasteiger partial charge is 0.344 e. The fourth-order valence-corrected chi connectivity index (χ4v) is 4.81. The Labute approximate surface area is 261 Å². The van der Waals surface area contributed by atoms with Crippen molar-refractivity contribution in [3.63, 3.8) is 0 Å². The van der Waals surface area contributed by atoms with Crippen molar-refractivity contribution in [2.75, 3.05) is 0 Å². The van der Waals surface area contributed by atoms with Gasteiger partial charge in [0.05, 0.1) is 6.04 Å². The van der Waals surface area contributed by atoms with Gasteiger partial charge in [0.1, 0.15) is 18.6 Å². The van der Waals surface area contributed by atoms with Crippen LogP contribution < -0.4 is 16.0 Å². The van der Waals surface area contributed by atoms with E-state index in [-0.39, 0.29) is 37.0 Å². The Morgan fingerprint density at radius 3 is 2.19 bits per heavy atom. The van der Waals surface area contributed by atoms with Gasteiger partial charge in [-0.3, -0.25) is 19.2 Å². The first-order valence-corrected chi connectivity index (χ1v) is 14.9. The molecule has 0 bridgehead atoms. The summed E-state index contributed by atoms with van der Waals surface area (Å²) in [5, 5.41) is 21.2. The maximum Gasteiger partial charge on any atom is 0.243 e. The molecule has 3 aromatic rings. The number of ketones is 1. The van der Waals surface area contributed by atoms with E-state index in [4.69, 9.17) is 23.2 Å². The second-order valence-electron chi connectivity index (χ2n) is 10.6. The van der Waals surface area contributed by atoms with Crippen molar-refractivity contribution in [3.8, 4) is 0 Å². The first-order valence-electron chi connectivity index (χ1n) is 14.1. The smallest absolute Gasteiger partial charge is 0.243 e. The van der Waals surface area contributed by atoms with Crippen LogP contribution in [0.3, 0.4) is 0 Å². The van der Waals surface area contributed by atoms with E-state index in [1.165, 1.54) is 6.92 Å². The fraction of sp³-hybridized carbons (Fsp3) is 0.433. The molecular weight excluding hydrogens is 593 g/mol. The molecule has 0 aliphatic rings. The number of benzene rings is 2. The van der Waals surface area contributed by atoms with Crippen LogP contribution in [0, 0.1) is 5.92 Å². The van der Waals surface area contributed by atoms with Crippen molar-refractivity contribution in [2.24, 2.45) is 5.92 Å². The second-order valence-corrected chi connectivity index (χ2v) is 11.4. The van der Waals surface area contributed by atoms with E-state index in [2.05, 4.69) is 31.4 Å². The van der Waals surface area contributed by atoms with Crippen molar-refractivity contribution >= 4 is 46.7 Å². The molecule has 230 valence electrons. The molecule has 0 aliphatic heterocycles. The molecular formula is C30H37Cl2N7O4. The lowest BCUT2D eigenvalue weighted by atomic mass is 10.0. The average molecular weight is 631 g/mol. The molecule has 43 heavy (non-hydrogen) atoms. The lowest BCUT2D eigenvalue weighted by Gasteiger charge is -2.25. The standard InChI is InChI=1S/C30H37Cl2N7O4/c1-5-24(25(40)17-39-37-26(36-38-39)16-21-22(31)12-9-13-23(21)32)34-29(42)19(4)33-30(43)28(18(2)3)35-27(41)15-14-20-10-7-6-8-11-20/h6-13,18-19,24,28H,5,14-17H2,1-4H3,(H,33,43)(H,34,42)(H,35,41). The van der Waals surface area contributed by atoms with E-state index >= 15 is 0 Å². The van der Waals surface area contributed by atoms with Gasteiger partial charge in [-0.15, -0.1) is 10.2 Å². The Kier molecular flexibility index (Phi) is 12.6. The number of rotatable bonds is 15. The van der Waals surface area contributed by atoms with Gasteiger partial charge in [0.15, 0.2) is 11.6 Å². The van der Waals surface area contributed by atoms with Gasteiger partial charge >= 0.3 is 0 Å². The van der Waals surface area contributed by atoms with E-state index in [9.17, 15) is 19.2 Å². The normalized spacial score (nSPS) is 13.2. The molecule has 0 spiro atoms. The minimum atomic E-state index is -0.951. The zero-order chi connectivity index (χ0) is 31.5. The molecule has 11 nitrogen and oxygen atoms in total. The molecule has 2 aromatic carbocycles. The summed E-state index contributed by atoms with van der Waals surface area (Å²) in [6.45, 7) is 6.68. The van der Waals surface area contributed by atoms with Crippen molar-refractivity contribution in [2.45, 2.75) is 78.0 Å². The molecule has 3 rings (SSSR count). The predicted octanol–water partition coefficient (Wildman–Crippen LogP) is 3.31. The Hall–Kier alpha value is -3.83. The number of hydrogen-bond donors (Lipinski definition) is 3. The van der Waals surface area contributed by atoms with Crippen LogP contribution in [0.25, 0.3) is 0 Å². The molecule has 0 aliphatic carbocycles. The molecule has 1 aromatic heterocycles. The Morgan fingerprint density at radius 2 is 1.56 bits per heavy atom. The SMILES string of the molecule is CCC(NC(=O)C(C)NC(=O)C(NC(=O)CCc1ccccc1)C(C)C)C(=O)Cn1nnc(Cc2c(Cl)cccc2Cl)n1. The molecule has 0 saturated carbocycles. The van der Waals surface area contributed by atoms with Gasteiger partial charge in [-0.05, 0) is 54.2 Å². The summed E-state index contributed by atoms with van der Waals surface area (Å²) in [5.41, 5.74) is 1.67. The maximum absolute atomic E-state index is 13.0. The number of Topliss-reactive ketones (excluding diaryl/α,β-unsaturated/α-hetero) is 1. The number of nitrogens with zero attached hydrogens (tertiary/aromatic N) is 4. The highest BCUT2D eigenvalue weighted by Gasteiger charge is 2.28. The summed E-state index contributed by atoms with van der Waals surface area (Å²) in [5.74, 6) is -1.49. The van der Waals surface area contributed by atoms with Crippen LogP contribution in [0.5, 0.6) is 0 Å². The molecule has 0 fully saturated rings. The van der Waals surface area contributed by atoms with Crippen LogP contribution >= 0.6 is 23.2 Å². The van der Waals surface area contributed by atoms with E-state index in [0.717, 1.165) is 10.4 Å². The highest BCUT2D eigenvalue weighted by Crippen LogP contribution is 2.25. The lowest BCUT2D eigenvalue weighted by Crippen LogP contribution is -2.56. The molecule has 3 amide bonds. The maximum atomic E-state index is 13.0. The highest BCUT2D eigenvalue weighted by molar-refractivity contribution is 6.36.